The van der Waals surface area contributed by atoms with E-state index in [0.717, 1.165) is 11.3 Å². The van der Waals surface area contributed by atoms with Gasteiger partial charge in [-0.05, 0) is 27.7 Å². The molecule has 1 aromatic heterocycles. The number of aromatic carboxylic acids is 1. The van der Waals surface area contributed by atoms with Crippen LogP contribution in [0.4, 0.5) is 4.79 Å². The van der Waals surface area contributed by atoms with Crippen LogP contribution in [-0.4, -0.2) is 41.3 Å². The Labute approximate surface area is 168 Å². The summed E-state index contributed by atoms with van der Waals surface area (Å²) in [6.45, 7) is 7.88. The summed E-state index contributed by atoms with van der Waals surface area (Å²) in [7, 11) is 0. The van der Waals surface area contributed by atoms with Crippen LogP contribution in [0, 0.1) is 0 Å². The van der Waals surface area contributed by atoms with Crippen molar-refractivity contribution in [1.29, 1.82) is 0 Å². The van der Waals surface area contributed by atoms with E-state index in [2.05, 4.69) is 0 Å². The van der Waals surface area contributed by atoms with Crippen LogP contribution in [0.2, 0.25) is 4.34 Å². The minimum absolute atomic E-state index is 0. The smallest absolute Gasteiger partial charge is 0.544 e. The summed E-state index contributed by atoms with van der Waals surface area (Å²) in [5.41, 5.74) is -0.541. The summed E-state index contributed by atoms with van der Waals surface area (Å²) < 4.78 is 11.5. The van der Waals surface area contributed by atoms with Gasteiger partial charge in [-0.15, -0.1) is 11.3 Å². The number of carboxylic acid groups (broad SMARTS) is 1. The number of rotatable bonds is 3. The molecule has 1 fully saturated rings. The molecule has 0 bridgehead atoms. The molecule has 0 saturated carbocycles. The number of carbonyl (C=O) groups is 2. The van der Waals surface area contributed by atoms with Crippen molar-refractivity contribution in [2.75, 3.05) is 6.54 Å². The van der Waals surface area contributed by atoms with E-state index in [4.69, 9.17) is 21.1 Å². The number of hydrogen-bond donors (Lipinski definition) is 0. The second kappa shape index (κ2) is 8.68. The number of nitrogens with zero attached hydrogens (tertiary/aromatic N) is 1. The van der Waals surface area contributed by atoms with Crippen LogP contribution < -0.4 is 28.7 Å². The van der Waals surface area contributed by atoms with Crippen molar-refractivity contribution in [3.05, 3.63) is 15.3 Å². The molecule has 1 amide bonds. The molecule has 134 valence electrons. The molecule has 0 spiro atoms. The Balaban J connectivity index is 0.00000312. The average molecular weight is 382 g/mol. The van der Waals surface area contributed by atoms with Gasteiger partial charge in [0.2, 0.25) is 0 Å². The number of halogens is 1. The maximum Gasteiger partial charge on any atom is 1.00 e. The molecule has 2 atom stereocenters. The quantitative estimate of drug-likeness (QED) is 0.685. The Morgan fingerprint density at radius 3 is 2.56 bits per heavy atom. The van der Waals surface area contributed by atoms with Crippen molar-refractivity contribution in [1.82, 2.24) is 4.90 Å². The van der Waals surface area contributed by atoms with E-state index in [1.54, 1.807) is 4.90 Å². The first kappa shape index (κ1) is 22.2. The van der Waals surface area contributed by atoms with Crippen LogP contribution in [0.25, 0.3) is 0 Å². The largest absolute Gasteiger partial charge is 1.00 e. The third-order valence-corrected chi connectivity index (χ3v) is 4.83. The molecule has 1 saturated heterocycles. The van der Waals surface area contributed by atoms with Gasteiger partial charge in [-0.2, -0.15) is 0 Å². The van der Waals surface area contributed by atoms with Gasteiger partial charge >= 0.3 is 25.0 Å². The minimum atomic E-state index is -1.30. The second-order valence-electron chi connectivity index (χ2n) is 6.82. The molecule has 1 aliphatic rings. The minimum Gasteiger partial charge on any atom is -0.544 e. The van der Waals surface area contributed by atoms with Crippen LogP contribution in [0.15, 0.2) is 6.07 Å². The van der Waals surface area contributed by atoms with E-state index in [1.165, 1.54) is 6.07 Å². The van der Waals surface area contributed by atoms with Crippen LogP contribution >= 0.6 is 22.9 Å². The normalized spacial score (nSPS) is 20.6. The SMILES string of the molecule is CC1CC(Oc2cc(Cl)sc2C(=O)[O-])CCN1C(=O)OC(C)(C)C.[Li+]. The van der Waals surface area contributed by atoms with E-state index < -0.39 is 11.6 Å². The number of thiophene rings is 1. The fourth-order valence-electron chi connectivity index (χ4n) is 2.58. The van der Waals surface area contributed by atoms with E-state index in [1.807, 2.05) is 27.7 Å². The predicted octanol–water partition coefficient (Wildman–Crippen LogP) is -0.0642. The van der Waals surface area contributed by atoms with Crippen LogP contribution in [-0.2, 0) is 4.74 Å². The number of piperidine rings is 1. The van der Waals surface area contributed by atoms with Gasteiger partial charge in [0.15, 0.2) is 0 Å². The zero-order valence-corrected chi connectivity index (χ0v) is 16.7. The molecule has 0 N–H and O–H groups in total. The predicted molar refractivity (Wildman–Crippen MR) is 89.7 cm³/mol. The maximum atomic E-state index is 12.2. The van der Waals surface area contributed by atoms with Crippen molar-refractivity contribution in [3.63, 3.8) is 0 Å². The number of carbonyl (C=O) groups excluding carboxylic acids is 2. The molecule has 2 unspecified atom stereocenters. The Kier molecular flexibility index (Phi) is 7.69. The van der Waals surface area contributed by atoms with E-state index in [0.29, 0.717) is 23.7 Å². The standard InChI is InChI=1S/C16H22ClNO5S.Li/c1-9-7-10(5-6-18(9)15(21)23-16(2,3)4)22-11-8-12(17)24-13(11)14(19)20;/h8-10H,5-7H2,1-4H3,(H,19,20);/q;+1/p-1. The molecule has 25 heavy (non-hydrogen) atoms. The maximum absolute atomic E-state index is 12.2. The van der Waals surface area contributed by atoms with Crippen molar-refractivity contribution in [2.45, 2.75) is 58.3 Å². The summed E-state index contributed by atoms with van der Waals surface area (Å²) in [6.07, 6.45) is 0.632. The summed E-state index contributed by atoms with van der Waals surface area (Å²) in [4.78, 5) is 25.0. The van der Waals surface area contributed by atoms with Gasteiger partial charge in [0.25, 0.3) is 0 Å². The Bertz CT molecular complexity index is 631. The van der Waals surface area contributed by atoms with Crippen molar-refractivity contribution >= 4 is 35.0 Å². The summed E-state index contributed by atoms with van der Waals surface area (Å²) in [5.74, 6) is -1.07. The topological polar surface area (TPSA) is 78.9 Å². The van der Waals surface area contributed by atoms with Gasteiger partial charge in [-0.3, -0.25) is 0 Å². The third kappa shape index (κ3) is 6.10. The fourth-order valence-corrected chi connectivity index (χ4v) is 3.57. The average Bonchev–Trinajstić information content (AvgIpc) is 2.77. The Morgan fingerprint density at radius 2 is 2.04 bits per heavy atom. The molecule has 0 aromatic carbocycles. The monoisotopic (exact) mass is 381 g/mol. The van der Waals surface area contributed by atoms with Gasteiger partial charge in [-0.1, -0.05) is 11.6 Å². The van der Waals surface area contributed by atoms with Crippen molar-refractivity contribution in [2.24, 2.45) is 0 Å². The second-order valence-corrected chi connectivity index (χ2v) is 8.50. The van der Waals surface area contributed by atoms with Crippen molar-refractivity contribution in [3.8, 4) is 5.75 Å². The number of likely N-dealkylation sites (tertiary alicyclic amines) is 1. The van der Waals surface area contributed by atoms with E-state index in [-0.39, 0.29) is 47.7 Å². The van der Waals surface area contributed by atoms with Crippen LogP contribution in [0.3, 0.4) is 0 Å². The first-order valence-corrected chi connectivity index (χ1v) is 8.93. The molecule has 1 aliphatic heterocycles. The van der Waals surface area contributed by atoms with Crippen LogP contribution in [0.5, 0.6) is 5.75 Å². The molecular formula is C16H21ClLiNO5S. The Morgan fingerprint density at radius 1 is 1.40 bits per heavy atom. The number of carboxylic acids is 1. The first-order valence-electron chi connectivity index (χ1n) is 7.74. The van der Waals surface area contributed by atoms with Gasteiger partial charge in [0.05, 0.1) is 15.2 Å². The van der Waals surface area contributed by atoms with Crippen LogP contribution in [0.1, 0.15) is 50.2 Å². The first-order chi connectivity index (χ1) is 11.1. The number of amides is 1. The molecule has 2 heterocycles. The molecule has 0 aliphatic carbocycles. The summed E-state index contributed by atoms with van der Waals surface area (Å²) >= 11 is 6.78. The zero-order valence-electron chi connectivity index (χ0n) is 15.1. The Hall–Kier alpha value is -0.873. The molecule has 2 rings (SSSR count). The number of hydrogen-bond acceptors (Lipinski definition) is 6. The molecule has 6 nitrogen and oxygen atoms in total. The zero-order chi connectivity index (χ0) is 18.1. The summed E-state index contributed by atoms with van der Waals surface area (Å²) in [6, 6.07) is 1.42. The van der Waals surface area contributed by atoms with Gasteiger partial charge < -0.3 is 24.3 Å². The fraction of sp³-hybridized carbons (Fsp3) is 0.625. The summed E-state index contributed by atoms with van der Waals surface area (Å²) in [5, 5.41) is 11.1. The number of ether oxygens (including phenoxy) is 2. The third-order valence-electron chi connectivity index (χ3n) is 3.60. The van der Waals surface area contributed by atoms with Gasteiger partial charge in [0, 0.05) is 31.5 Å². The van der Waals surface area contributed by atoms with Crippen molar-refractivity contribution < 1.29 is 43.0 Å². The molecule has 0 radical (unpaired) electrons. The molecular weight excluding hydrogens is 361 g/mol. The molecule has 1 aromatic rings. The molecule has 9 heteroatoms. The van der Waals surface area contributed by atoms with Gasteiger partial charge in [0.1, 0.15) is 17.5 Å². The van der Waals surface area contributed by atoms with E-state index in [9.17, 15) is 14.7 Å². The van der Waals surface area contributed by atoms with Gasteiger partial charge in [-0.25, -0.2) is 4.79 Å². The van der Waals surface area contributed by atoms with E-state index >= 15 is 0 Å².